The van der Waals surface area contributed by atoms with Crippen LogP contribution in [0.25, 0.3) is 11.0 Å². The number of hydrogen-bond acceptors (Lipinski definition) is 3. The number of hydrogen-bond donors (Lipinski definition) is 1. The highest BCUT2D eigenvalue weighted by Crippen LogP contribution is 2.17. The summed E-state index contributed by atoms with van der Waals surface area (Å²) in [4.78, 5) is 8.58. The van der Waals surface area contributed by atoms with Crippen molar-refractivity contribution in [1.82, 2.24) is 9.97 Å². The third-order valence-corrected chi connectivity index (χ3v) is 2.01. The Bertz CT molecular complexity index is 437. The molecule has 0 amide bonds. The van der Waals surface area contributed by atoms with Crippen LogP contribution in [0.1, 0.15) is 12.6 Å². The Morgan fingerprint density at radius 1 is 1.46 bits per heavy atom. The van der Waals surface area contributed by atoms with Crippen molar-refractivity contribution in [3.8, 4) is 0 Å². The van der Waals surface area contributed by atoms with Gasteiger partial charge in [0.05, 0.1) is 11.2 Å². The normalized spacial score (nSPS) is 10.5. The molecule has 2 aromatic heterocycles. The van der Waals surface area contributed by atoms with Crippen LogP contribution < -0.4 is 5.73 Å². The molecule has 2 N–H and O–H groups in total. The van der Waals surface area contributed by atoms with Crippen LogP contribution in [0.3, 0.4) is 0 Å². The summed E-state index contributed by atoms with van der Waals surface area (Å²) in [7, 11) is 0. The minimum absolute atomic E-state index is 0.711. The van der Waals surface area contributed by atoms with Gasteiger partial charge in [0.15, 0.2) is 0 Å². The molecule has 0 spiro atoms. The van der Waals surface area contributed by atoms with E-state index in [0.29, 0.717) is 5.69 Å². The number of rotatable bonds is 1. The van der Waals surface area contributed by atoms with Crippen molar-refractivity contribution in [1.29, 1.82) is 0 Å². The Balaban J connectivity index is 2.77. The van der Waals surface area contributed by atoms with E-state index in [1.165, 1.54) is 0 Å². The second kappa shape index (κ2) is 3.01. The van der Waals surface area contributed by atoms with E-state index in [4.69, 9.17) is 5.73 Å². The van der Waals surface area contributed by atoms with Gasteiger partial charge in [0.1, 0.15) is 5.52 Å². The molecule has 0 radical (unpaired) electrons. The molecule has 0 saturated carbocycles. The Morgan fingerprint density at radius 3 is 3.08 bits per heavy atom. The van der Waals surface area contributed by atoms with Gasteiger partial charge in [-0.2, -0.15) is 0 Å². The molecule has 0 aliphatic carbocycles. The van der Waals surface area contributed by atoms with Crippen molar-refractivity contribution >= 4 is 16.7 Å². The minimum Gasteiger partial charge on any atom is -0.397 e. The van der Waals surface area contributed by atoms with E-state index in [9.17, 15) is 0 Å². The molecule has 66 valence electrons. The summed E-state index contributed by atoms with van der Waals surface area (Å²) in [6.45, 7) is 2.06. The number of nitrogens with two attached hydrogens (primary N) is 1. The van der Waals surface area contributed by atoms with E-state index in [2.05, 4.69) is 16.9 Å². The fourth-order valence-corrected chi connectivity index (χ4v) is 1.33. The number of fused-ring (bicyclic) bond motifs is 1. The van der Waals surface area contributed by atoms with Crippen LogP contribution in [0.2, 0.25) is 0 Å². The molecular formula is C10H11N3. The molecule has 0 aliphatic heterocycles. The summed E-state index contributed by atoms with van der Waals surface area (Å²) in [6, 6.07) is 5.68. The first kappa shape index (κ1) is 7.98. The first-order valence-electron chi connectivity index (χ1n) is 4.31. The predicted molar refractivity (Wildman–Crippen MR) is 53.3 cm³/mol. The molecule has 0 saturated heterocycles. The Hall–Kier alpha value is -1.64. The van der Waals surface area contributed by atoms with E-state index < -0.39 is 0 Å². The molecule has 13 heavy (non-hydrogen) atoms. The van der Waals surface area contributed by atoms with Crippen LogP contribution in [-0.2, 0) is 6.42 Å². The van der Waals surface area contributed by atoms with Crippen molar-refractivity contribution < 1.29 is 0 Å². The van der Waals surface area contributed by atoms with Gasteiger partial charge < -0.3 is 5.73 Å². The van der Waals surface area contributed by atoms with Gasteiger partial charge in [-0.05, 0) is 24.6 Å². The van der Waals surface area contributed by atoms with E-state index in [1.54, 1.807) is 6.20 Å². The van der Waals surface area contributed by atoms with Crippen molar-refractivity contribution in [2.75, 3.05) is 5.73 Å². The van der Waals surface area contributed by atoms with Gasteiger partial charge in [-0.1, -0.05) is 6.92 Å². The standard InChI is InChI=1S/C10H11N3/c1-2-7-6-8(11)10-9(13-7)4-3-5-12-10/h3-6H,2H2,1H3,(H2,11,13). The van der Waals surface area contributed by atoms with Crippen LogP contribution in [-0.4, -0.2) is 9.97 Å². The molecule has 3 nitrogen and oxygen atoms in total. The van der Waals surface area contributed by atoms with Crippen LogP contribution in [0.5, 0.6) is 0 Å². The van der Waals surface area contributed by atoms with E-state index in [1.807, 2.05) is 18.2 Å². The lowest BCUT2D eigenvalue weighted by atomic mass is 10.2. The zero-order chi connectivity index (χ0) is 9.26. The molecule has 0 atom stereocenters. The lowest BCUT2D eigenvalue weighted by molar-refractivity contribution is 1.06. The number of aromatic nitrogens is 2. The van der Waals surface area contributed by atoms with Gasteiger partial charge in [0, 0.05) is 11.9 Å². The summed E-state index contributed by atoms with van der Waals surface area (Å²) in [5, 5.41) is 0. The van der Waals surface area contributed by atoms with Crippen molar-refractivity contribution in [2.45, 2.75) is 13.3 Å². The zero-order valence-corrected chi connectivity index (χ0v) is 7.49. The summed E-state index contributed by atoms with van der Waals surface area (Å²) in [5.41, 5.74) is 9.22. The summed E-state index contributed by atoms with van der Waals surface area (Å²) < 4.78 is 0. The van der Waals surface area contributed by atoms with Gasteiger partial charge in [-0.15, -0.1) is 0 Å². The summed E-state index contributed by atoms with van der Waals surface area (Å²) >= 11 is 0. The highest BCUT2D eigenvalue weighted by Gasteiger charge is 2.01. The molecule has 2 aromatic rings. The van der Waals surface area contributed by atoms with E-state index in [-0.39, 0.29) is 0 Å². The topological polar surface area (TPSA) is 51.8 Å². The van der Waals surface area contributed by atoms with Gasteiger partial charge in [0.25, 0.3) is 0 Å². The first-order valence-corrected chi connectivity index (χ1v) is 4.31. The highest BCUT2D eigenvalue weighted by atomic mass is 14.8. The van der Waals surface area contributed by atoms with Gasteiger partial charge in [-0.3, -0.25) is 9.97 Å². The Labute approximate surface area is 76.6 Å². The van der Waals surface area contributed by atoms with Crippen molar-refractivity contribution in [3.05, 3.63) is 30.1 Å². The number of pyridine rings is 2. The third kappa shape index (κ3) is 1.33. The predicted octanol–water partition coefficient (Wildman–Crippen LogP) is 1.77. The second-order valence-electron chi connectivity index (χ2n) is 2.93. The maximum Gasteiger partial charge on any atom is 0.112 e. The zero-order valence-electron chi connectivity index (χ0n) is 7.49. The number of anilines is 1. The SMILES string of the molecule is CCc1cc(N)c2ncccc2n1. The van der Waals surface area contributed by atoms with Crippen molar-refractivity contribution in [3.63, 3.8) is 0 Å². The second-order valence-corrected chi connectivity index (χ2v) is 2.93. The molecule has 0 fully saturated rings. The fourth-order valence-electron chi connectivity index (χ4n) is 1.33. The maximum absolute atomic E-state index is 5.83. The lowest BCUT2D eigenvalue weighted by Crippen LogP contribution is -1.95. The fraction of sp³-hybridized carbons (Fsp3) is 0.200. The molecule has 0 aliphatic rings. The van der Waals surface area contributed by atoms with Gasteiger partial charge in [-0.25, -0.2) is 0 Å². The van der Waals surface area contributed by atoms with E-state index >= 15 is 0 Å². The average molecular weight is 173 g/mol. The lowest BCUT2D eigenvalue weighted by Gasteiger charge is -2.02. The quantitative estimate of drug-likeness (QED) is 0.715. The monoisotopic (exact) mass is 173 g/mol. The number of aryl methyl sites for hydroxylation is 1. The van der Waals surface area contributed by atoms with Gasteiger partial charge in [0.2, 0.25) is 0 Å². The highest BCUT2D eigenvalue weighted by molar-refractivity contribution is 5.85. The van der Waals surface area contributed by atoms with Gasteiger partial charge >= 0.3 is 0 Å². The summed E-state index contributed by atoms with van der Waals surface area (Å²) in [5.74, 6) is 0. The molecular weight excluding hydrogens is 162 g/mol. The van der Waals surface area contributed by atoms with E-state index in [0.717, 1.165) is 23.1 Å². The van der Waals surface area contributed by atoms with Crippen LogP contribution in [0.15, 0.2) is 24.4 Å². The average Bonchev–Trinajstić information content (AvgIpc) is 2.18. The van der Waals surface area contributed by atoms with Crippen LogP contribution >= 0.6 is 0 Å². The number of nitrogens with zero attached hydrogens (tertiary/aromatic N) is 2. The largest absolute Gasteiger partial charge is 0.397 e. The Morgan fingerprint density at radius 2 is 2.31 bits per heavy atom. The molecule has 0 bridgehead atoms. The molecule has 2 rings (SSSR count). The molecule has 0 unspecified atom stereocenters. The maximum atomic E-state index is 5.83. The molecule has 3 heteroatoms. The minimum atomic E-state index is 0.711. The molecule has 0 aromatic carbocycles. The van der Waals surface area contributed by atoms with Crippen LogP contribution in [0.4, 0.5) is 5.69 Å². The summed E-state index contributed by atoms with van der Waals surface area (Å²) in [6.07, 6.45) is 2.63. The first-order chi connectivity index (χ1) is 6.31. The molecule has 2 heterocycles. The van der Waals surface area contributed by atoms with Crippen molar-refractivity contribution in [2.24, 2.45) is 0 Å². The number of nitrogen functional groups attached to an aromatic ring is 1. The van der Waals surface area contributed by atoms with Crippen LogP contribution in [0, 0.1) is 0 Å². The smallest absolute Gasteiger partial charge is 0.112 e. The Kier molecular flexibility index (Phi) is 1.85. The third-order valence-electron chi connectivity index (χ3n) is 2.01.